The predicted molar refractivity (Wildman–Crippen MR) is 67.7 cm³/mol. The van der Waals surface area contributed by atoms with E-state index in [0.717, 1.165) is 11.4 Å². The van der Waals surface area contributed by atoms with Crippen molar-refractivity contribution in [2.75, 3.05) is 5.32 Å². The van der Waals surface area contributed by atoms with E-state index in [0.29, 0.717) is 23.2 Å². The van der Waals surface area contributed by atoms with Gasteiger partial charge in [-0.15, -0.1) is 0 Å². The summed E-state index contributed by atoms with van der Waals surface area (Å²) >= 11 is 0.540. The van der Waals surface area contributed by atoms with E-state index in [-0.39, 0.29) is 0 Å². The molecular formula is C12H11F2N3S. The minimum atomic E-state index is -2.38. The number of thioether (sulfide) groups is 1. The average molecular weight is 267 g/mol. The Bertz CT molecular complexity index is 476. The number of hydrogen-bond donors (Lipinski definition) is 1. The molecule has 1 heterocycles. The molecule has 1 aromatic carbocycles. The third kappa shape index (κ3) is 3.96. The van der Waals surface area contributed by atoms with Crippen molar-refractivity contribution >= 4 is 17.4 Å². The van der Waals surface area contributed by atoms with Gasteiger partial charge in [0.25, 0.3) is 5.76 Å². The highest BCUT2D eigenvalue weighted by atomic mass is 32.2. The van der Waals surface area contributed by atoms with E-state index in [9.17, 15) is 8.78 Å². The average Bonchev–Trinajstić information content (AvgIpc) is 2.38. The van der Waals surface area contributed by atoms with Gasteiger partial charge in [0.1, 0.15) is 6.33 Å². The van der Waals surface area contributed by atoms with Gasteiger partial charge in [-0.3, -0.25) is 0 Å². The number of aromatic nitrogens is 2. The number of alkyl halides is 2. The van der Waals surface area contributed by atoms with Gasteiger partial charge in [0.15, 0.2) is 0 Å². The molecule has 2 rings (SSSR count). The van der Waals surface area contributed by atoms with E-state index < -0.39 is 5.76 Å². The molecule has 0 aliphatic rings. The minimum absolute atomic E-state index is 0.540. The van der Waals surface area contributed by atoms with Crippen LogP contribution in [-0.4, -0.2) is 15.7 Å². The van der Waals surface area contributed by atoms with E-state index in [1.807, 2.05) is 6.07 Å². The van der Waals surface area contributed by atoms with Crippen LogP contribution >= 0.6 is 11.8 Å². The van der Waals surface area contributed by atoms with Gasteiger partial charge in [0.05, 0.1) is 12.2 Å². The van der Waals surface area contributed by atoms with Crippen molar-refractivity contribution in [1.29, 1.82) is 0 Å². The van der Waals surface area contributed by atoms with Crippen LogP contribution in [0, 0.1) is 0 Å². The topological polar surface area (TPSA) is 37.8 Å². The maximum absolute atomic E-state index is 12.1. The van der Waals surface area contributed by atoms with E-state index in [2.05, 4.69) is 15.3 Å². The fourth-order valence-electron chi connectivity index (χ4n) is 1.37. The lowest BCUT2D eigenvalue weighted by atomic mass is 10.3. The number of nitrogens with zero attached hydrogens (tertiary/aromatic N) is 2. The summed E-state index contributed by atoms with van der Waals surface area (Å²) in [5, 5.41) is 3.15. The largest absolute Gasteiger partial charge is 0.379 e. The molecule has 94 valence electrons. The first-order valence-corrected chi connectivity index (χ1v) is 6.15. The Morgan fingerprint density at radius 2 is 1.94 bits per heavy atom. The Labute approximate surface area is 108 Å². The van der Waals surface area contributed by atoms with Crippen molar-refractivity contribution in [1.82, 2.24) is 9.97 Å². The second-order valence-corrected chi connectivity index (χ2v) is 4.52. The van der Waals surface area contributed by atoms with Gasteiger partial charge in [-0.1, -0.05) is 11.8 Å². The van der Waals surface area contributed by atoms with Crippen LogP contribution in [0.3, 0.4) is 0 Å². The van der Waals surface area contributed by atoms with Crippen molar-refractivity contribution in [3.63, 3.8) is 0 Å². The summed E-state index contributed by atoms with van der Waals surface area (Å²) in [5.41, 5.74) is 1.74. The van der Waals surface area contributed by atoms with Gasteiger partial charge in [-0.05, 0) is 30.3 Å². The van der Waals surface area contributed by atoms with Crippen LogP contribution in [0.4, 0.5) is 14.5 Å². The van der Waals surface area contributed by atoms with E-state index >= 15 is 0 Å². The first-order chi connectivity index (χ1) is 8.74. The Kier molecular flexibility index (Phi) is 4.46. The first-order valence-electron chi connectivity index (χ1n) is 5.27. The number of halogens is 2. The Morgan fingerprint density at radius 3 is 2.56 bits per heavy atom. The van der Waals surface area contributed by atoms with Crippen molar-refractivity contribution in [3.8, 4) is 0 Å². The lowest BCUT2D eigenvalue weighted by Crippen LogP contribution is -2.01. The van der Waals surface area contributed by atoms with E-state index in [4.69, 9.17) is 0 Å². The van der Waals surface area contributed by atoms with E-state index in [1.54, 1.807) is 30.5 Å². The highest BCUT2D eigenvalue weighted by Crippen LogP contribution is 2.26. The summed E-state index contributed by atoms with van der Waals surface area (Å²) in [6.45, 7) is 0.573. The highest BCUT2D eigenvalue weighted by Gasteiger charge is 2.04. The summed E-state index contributed by atoms with van der Waals surface area (Å²) in [6, 6.07) is 8.68. The highest BCUT2D eigenvalue weighted by molar-refractivity contribution is 7.99. The minimum Gasteiger partial charge on any atom is -0.379 e. The quantitative estimate of drug-likeness (QED) is 0.842. The molecule has 0 aliphatic heterocycles. The number of benzene rings is 1. The SMILES string of the molecule is FC(F)Sc1ccc(NCc2ccncn2)cc1. The molecule has 0 spiro atoms. The van der Waals surface area contributed by atoms with Crippen molar-refractivity contribution in [2.45, 2.75) is 17.2 Å². The number of rotatable bonds is 5. The van der Waals surface area contributed by atoms with Crippen molar-refractivity contribution in [3.05, 3.63) is 48.5 Å². The first kappa shape index (κ1) is 12.8. The fourth-order valence-corrected chi connectivity index (χ4v) is 1.87. The molecule has 2 aromatic rings. The maximum Gasteiger partial charge on any atom is 0.288 e. The van der Waals surface area contributed by atoms with Gasteiger partial charge >= 0.3 is 0 Å². The van der Waals surface area contributed by atoms with Gasteiger partial charge in [-0.2, -0.15) is 8.78 Å². The van der Waals surface area contributed by atoms with Crippen LogP contribution in [0.2, 0.25) is 0 Å². The molecule has 0 fully saturated rings. The summed E-state index contributed by atoms with van der Waals surface area (Å²) < 4.78 is 24.2. The number of nitrogens with one attached hydrogen (secondary N) is 1. The van der Waals surface area contributed by atoms with Crippen molar-refractivity contribution < 1.29 is 8.78 Å². The van der Waals surface area contributed by atoms with Gasteiger partial charge in [0.2, 0.25) is 0 Å². The van der Waals surface area contributed by atoms with Crippen LogP contribution in [0.1, 0.15) is 5.69 Å². The molecule has 0 saturated heterocycles. The normalized spacial score (nSPS) is 10.6. The van der Waals surface area contributed by atoms with Gasteiger partial charge in [0, 0.05) is 16.8 Å². The van der Waals surface area contributed by atoms with Crippen molar-refractivity contribution in [2.24, 2.45) is 0 Å². The smallest absolute Gasteiger partial charge is 0.288 e. The Morgan fingerprint density at radius 1 is 1.17 bits per heavy atom. The summed E-state index contributed by atoms with van der Waals surface area (Å²) in [5.74, 6) is -2.38. The third-order valence-electron chi connectivity index (χ3n) is 2.20. The van der Waals surface area contributed by atoms with Crippen LogP contribution in [-0.2, 0) is 6.54 Å². The second kappa shape index (κ2) is 6.30. The summed E-state index contributed by atoms with van der Waals surface area (Å²) in [4.78, 5) is 8.45. The van der Waals surface area contributed by atoms with Crippen LogP contribution in [0.15, 0.2) is 47.8 Å². The van der Waals surface area contributed by atoms with Gasteiger partial charge < -0.3 is 5.32 Å². The molecule has 0 amide bonds. The predicted octanol–water partition coefficient (Wildman–Crippen LogP) is 3.40. The molecule has 0 radical (unpaired) electrons. The summed E-state index contributed by atoms with van der Waals surface area (Å²) in [6.07, 6.45) is 3.16. The molecular weight excluding hydrogens is 256 g/mol. The van der Waals surface area contributed by atoms with Crippen LogP contribution in [0.25, 0.3) is 0 Å². The Hall–Kier alpha value is -1.69. The molecule has 3 nitrogen and oxygen atoms in total. The molecule has 18 heavy (non-hydrogen) atoms. The van der Waals surface area contributed by atoms with Gasteiger partial charge in [-0.25, -0.2) is 9.97 Å². The van der Waals surface area contributed by atoms with E-state index in [1.165, 1.54) is 6.33 Å². The fraction of sp³-hybridized carbons (Fsp3) is 0.167. The monoisotopic (exact) mass is 267 g/mol. The lowest BCUT2D eigenvalue weighted by molar-refractivity contribution is 0.252. The molecule has 0 aliphatic carbocycles. The summed E-state index contributed by atoms with van der Waals surface area (Å²) in [7, 11) is 0. The lowest BCUT2D eigenvalue weighted by Gasteiger charge is -2.06. The number of anilines is 1. The number of hydrogen-bond acceptors (Lipinski definition) is 4. The zero-order valence-electron chi connectivity index (χ0n) is 9.38. The zero-order chi connectivity index (χ0) is 12.8. The molecule has 1 N–H and O–H groups in total. The standard InChI is InChI=1S/C12H11F2N3S/c13-12(14)18-11-3-1-9(2-4-11)16-7-10-5-6-15-8-17-10/h1-6,8,12,16H,7H2. The second-order valence-electron chi connectivity index (χ2n) is 3.46. The molecule has 0 unspecified atom stereocenters. The molecule has 0 atom stereocenters. The molecule has 6 heteroatoms. The van der Waals surface area contributed by atoms with Crippen LogP contribution in [0.5, 0.6) is 0 Å². The zero-order valence-corrected chi connectivity index (χ0v) is 10.2. The Balaban J connectivity index is 1.90. The molecule has 0 bridgehead atoms. The molecule has 1 aromatic heterocycles. The van der Waals surface area contributed by atoms with Crippen LogP contribution < -0.4 is 5.32 Å². The maximum atomic E-state index is 12.1. The third-order valence-corrected chi connectivity index (χ3v) is 2.92. The molecule has 0 saturated carbocycles.